The topological polar surface area (TPSA) is 75.2 Å². The van der Waals surface area contributed by atoms with Crippen LogP contribution in [0.1, 0.15) is 49.0 Å². The fourth-order valence-electron chi connectivity index (χ4n) is 4.84. The SMILES string of the molecule is O=C(O)c1cc(OC23CC4CC(CC(C4)C2)C3)n[nH]1. The van der Waals surface area contributed by atoms with Crippen molar-refractivity contribution < 1.29 is 14.6 Å². The Bertz CT molecular complexity index is 487. The van der Waals surface area contributed by atoms with Gasteiger partial charge in [0.15, 0.2) is 0 Å². The molecule has 4 saturated carbocycles. The molecule has 1 aromatic rings. The average molecular weight is 262 g/mol. The number of aromatic carboxylic acids is 1. The van der Waals surface area contributed by atoms with Crippen molar-refractivity contribution in [3.05, 3.63) is 11.8 Å². The largest absolute Gasteiger partial charge is 0.477 e. The van der Waals surface area contributed by atoms with Crippen LogP contribution >= 0.6 is 0 Å². The molecule has 4 bridgehead atoms. The first-order valence-corrected chi connectivity index (χ1v) is 7.10. The van der Waals surface area contributed by atoms with Crippen LogP contribution in [0.4, 0.5) is 0 Å². The lowest BCUT2D eigenvalue weighted by molar-refractivity contribution is -0.109. The highest BCUT2D eigenvalue weighted by Crippen LogP contribution is 2.56. The van der Waals surface area contributed by atoms with E-state index in [0.717, 1.165) is 37.0 Å². The van der Waals surface area contributed by atoms with Crippen LogP contribution in [0, 0.1) is 17.8 Å². The van der Waals surface area contributed by atoms with Gasteiger partial charge in [-0.1, -0.05) is 0 Å². The van der Waals surface area contributed by atoms with Crippen LogP contribution < -0.4 is 4.74 Å². The maximum Gasteiger partial charge on any atom is 0.354 e. The molecule has 102 valence electrons. The minimum absolute atomic E-state index is 0.0697. The zero-order valence-electron chi connectivity index (χ0n) is 10.8. The van der Waals surface area contributed by atoms with Gasteiger partial charge in [-0.05, 0) is 56.3 Å². The van der Waals surface area contributed by atoms with Crippen LogP contribution in [0.3, 0.4) is 0 Å². The highest BCUT2D eigenvalue weighted by Gasteiger charge is 2.52. The standard InChI is InChI=1S/C14H18N2O3/c17-13(18)11-4-12(16-15-11)19-14-5-8-1-9(6-14)3-10(2-8)7-14/h4,8-10H,1-3,5-7H2,(H,15,16)(H,17,18). The Morgan fingerprint density at radius 2 is 1.84 bits per heavy atom. The summed E-state index contributed by atoms with van der Waals surface area (Å²) in [5.74, 6) is 1.88. The highest BCUT2D eigenvalue weighted by molar-refractivity contribution is 5.85. The van der Waals surface area contributed by atoms with Gasteiger partial charge in [0.1, 0.15) is 11.3 Å². The van der Waals surface area contributed by atoms with E-state index in [1.165, 1.54) is 25.3 Å². The zero-order valence-corrected chi connectivity index (χ0v) is 10.8. The normalized spacial score (nSPS) is 39.5. The van der Waals surface area contributed by atoms with Crippen molar-refractivity contribution >= 4 is 5.97 Å². The lowest BCUT2D eigenvalue weighted by atomic mass is 9.54. The Morgan fingerprint density at radius 1 is 1.26 bits per heavy atom. The molecule has 5 nitrogen and oxygen atoms in total. The molecule has 1 aromatic heterocycles. The molecular weight excluding hydrogens is 244 g/mol. The fourth-order valence-corrected chi connectivity index (χ4v) is 4.84. The third-order valence-corrected chi connectivity index (χ3v) is 5.09. The third kappa shape index (κ3) is 1.83. The first-order valence-electron chi connectivity index (χ1n) is 7.10. The number of carboxylic acid groups (broad SMARTS) is 1. The quantitative estimate of drug-likeness (QED) is 0.877. The molecule has 0 atom stereocenters. The molecule has 0 aromatic carbocycles. The number of H-pyrrole nitrogens is 1. The van der Waals surface area contributed by atoms with Crippen molar-refractivity contribution in [2.24, 2.45) is 17.8 Å². The Morgan fingerprint density at radius 3 is 2.32 bits per heavy atom. The summed E-state index contributed by atoms with van der Waals surface area (Å²) in [6.07, 6.45) is 7.45. The van der Waals surface area contributed by atoms with Crippen LogP contribution in [-0.4, -0.2) is 26.9 Å². The van der Waals surface area contributed by atoms with Gasteiger partial charge in [0.2, 0.25) is 5.88 Å². The number of aromatic nitrogens is 2. The lowest BCUT2D eigenvalue weighted by Crippen LogP contribution is -2.53. The van der Waals surface area contributed by atoms with Crippen molar-refractivity contribution in [3.63, 3.8) is 0 Å². The second-order valence-corrected chi connectivity index (χ2v) is 6.63. The molecular formula is C14H18N2O3. The second-order valence-electron chi connectivity index (χ2n) is 6.63. The van der Waals surface area contributed by atoms with E-state index in [4.69, 9.17) is 9.84 Å². The molecule has 0 spiro atoms. The van der Waals surface area contributed by atoms with Crippen LogP contribution in [0.15, 0.2) is 6.07 Å². The molecule has 0 saturated heterocycles. The minimum atomic E-state index is -0.993. The second kappa shape index (κ2) is 3.74. The van der Waals surface area contributed by atoms with Crippen molar-refractivity contribution in [2.45, 2.75) is 44.1 Å². The summed E-state index contributed by atoms with van der Waals surface area (Å²) in [6.45, 7) is 0. The Balaban J connectivity index is 1.57. The lowest BCUT2D eigenvalue weighted by Gasteiger charge is -2.55. The molecule has 0 radical (unpaired) electrons. The van der Waals surface area contributed by atoms with Crippen LogP contribution in [0.25, 0.3) is 0 Å². The monoisotopic (exact) mass is 262 g/mol. The molecule has 19 heavy (non-hydrogen) atoms. The number of ether oxygens (including phenoxy) is 1. The molecule has 0 unspecified atom stereocenters. The molecule has 0 amide bonds. The van der Waals surface area contributed by atoms with E-state index in [0.29, 0.717) is 5.88 Å². The maximum absolute atomic E-state index is 10.9. The van der Waals surface area contributed by atoms with Gasteiger partial charge < -0.3 is 9.84 Å². The summed E-state index contributed by atoms with van der Waals surface area (Å²) in [4.78, 5) is 10.9. The van der Waals surface area contributed by atoms with Gasteiger partial charge in [0, 0.05) is 6.07 Å². The number of hydrogen-bond donors (Lipinski definition) is 2. The van der Waals surface area contributed by atoms with E-state index in [1.54, 1.807) is 0 Å². The van der Waals surface area contributed by atoms with Gasteiger partial charge in [-0.25, -0.2) is 4.79 Å². The van der Waals surface area contributed by atoms with E-state index in [2.05, 4.69) is 10.2 Å². The Hall–Kier alpha value is -1.52. The first kappa shape index (κ1) is 11.3. The first-order chi connectivity index (χ1) is 9.12. The van der Waals surface area contributed by atoms with E-state index < -0.39 is 5.97 Å². The number of rotatable bonds is 3. The van der Waals surface area contributed by atoms with Crippen molar-refractivity contribution in [2.75, 3.05) is 0 Å². The van der Waals surface area contributed by atoms with E-state index in [-0.39, 0.29) is 11.3 Å². The summed E-state index contributed by atoms with van der Waals surface area (Å²) in [5, 5.41) is 15.4. The Kier molecular flexibility index (Phi) is 2.23. The predicted molar refractivity (Wildman–Crippen MR) is 67.1 cm³/mol. The number of hydrogen-bond acceptors (Lipinski definition) is 3. The number of nitrogens with zero attached hydrogens (tertiary/aromatic N) is 1. The Labute approximate surface area is 111 Å². The van der Waals surface area contributed by atoms with Gasteiger partial charge >= 0.3 is 5.97 Å². The zero-order chi connectivity index (χ0) is 13.0. The van der Waals surface area contributed by atoms with E-state index >= 15 is 0 Å². The van der Waals surface area contributed by atoms with E-state index in [1.807, 2.05) is 0 Å². The van der Waals surface area contributed by atoms with Gasteiger partial charge in [0.05, 0.1) is 0 Å². The molecule has 5 rings (SSSR count). The van der Waals surface area contributed by atoms with Gasteiger partial charge in [-0.15, -0.1) is 5.10 Å². The summed E-state index contributed by atoms with van der Waals surface area (Å²) in [6, 6.07) is 1.50. The van der Waals surface area contributed by atoms with Crippen molar-refractivity contribution in [1.29, 1.82) is 0 Å². The van der Waals surface area contributed by atoms with Gasteiger partial charge in [-0.2, -0.15) is 0 Å². The fraction of sp³-hybridized carbons (Fsp3) is 0.714. The van der Waals surface area contributed by atoms with Crippen molar-refractivity contribution in [3.8, 4) is 5.88 Å². The van der Waals surface area contributed by atoms with Crippen LogP contribution in [0.2, 0.25) is 0 Å². The third-order valence-electron chi connectivity index (χ3n) is 5.09. The summed E-state index contributed by atoms with van der Waals surface area (Å²) in [5.41, 5.74) is 0.0272. The summed E-state index contributed by atoms with van der Waals surface area (Å²) >= 11 is 0. The maximum atomic E-state index is 10.9. The van der Waals surface area contributed by atoms with Gasteiger partial charge in [-0.3, -0.25) is 5.10 Å². The minimum Gasteiger partial charge on any atom is -0.477 e. The van der Waals surface area contributed by atoms with Crippen molar-refractivity contribution in [1.82, 2.24) is 10.2 Å². The van der Waals surface area contributed by atoms with E-state index in [9.17, 15) is 4.79 Å². The highest BCUT2D eigenvalue weighted by atomic mass is 16.5. The average Bonchev–Trinajstić information content (AvgIpc) is 2.74. The molecule has 4 aliphatic carbocycles. The smallest absolute Gasteiger partial charge is 0.354 e. The molecule has 1 heterocycles. The molecule has 0 aliphatic heterocycles. The summed E-state index contributed by atoms with van der Waals surface area (Å²) < 4.78 is 6.14. The summed E-state index contributed by atoms with van der Waals surface area (Å²) in [7, 11) is 0. The number of carboxylic acids is 1. The number of carbonyl (C=O) groups is 1. The van der Waals surface area contributed by atoms with Gasteiger partial charge in [0.25, 0.3) is 0 Å². The molecule has 4 fully saturated rings. The van der Waals surface area contributed by atoms with Crippen LogP contribution in [0.5, 0.6) is 5.88 Å². The predicted octanol–water partition coefficient (Wildman–Crippen LogP) is 2.46. The number of aromatic amines is 1. The molecule has 2 N–H and O–H groups in total. The molecule has 5 heteroatoms. The molecule has 4 aliphatic rings. The number of nitrogens with one attached hydrogen (secondary N) is 1. The van der Waals surface area contributed by atoms with Crippen LogP contribution in [-0.2, 0) is 0 Å².